The van der Waals surface area contributed by atoms with Crippen LogP contribution in [0.2, 0.25) is 0 Å². The molecule has 4 nitrogen and oxygen atoms in total. The fourth-order valence-electron chi connectivity index (χ4n) is 2.29. The Morgan fingerprint density at radius 1 is 1.29 bits per heavy atom. The van der Waals surface area contributed by atoms with E-state index in [1.54, 1.807) is 5.38 Å². The molecule has 2 rings (SSSR count). The molecule has 1 amide bonds. The van der Waals surface area contributed by atoms with Gasteiger partial charge in [0.1, 0.15) is 5.69 Å². The van der Waals surface area contributed by atoms with Gasteiger partial charge in [0.2, 0.25) is 0 Å². The predicted molar refractivity (Wildman–Crippen MR) is 86.8 cm³/mol. The van der Waals surface area contributed by atoms with Gasteiger partial charge in [0.25, 0.3) is 5.91 Å². The highest BCUT2D eigenvalue weighted by Gasteiger charge is 2.10. The Balaban J connectivity index is 1.89. The lowest BCUT2D eigenvalue weighted by molar-refractivity contribution is 0.0949. The van der Waals surface area contributed by atoms with E-state index in [4.69, 9.17) is 5.73 Å². The summed E-state index contributed by atoms with van der Waals surface area (Å²) in [6, 6.07) is 6.26. The second-order valence-electron chi connectivity index (χ2n) is 5.04. The highest BCUT2D eigenvalue weighted by atomic mass is 32.1. The van der Waals surface area contributed by atoms with Gasteiger partial charge in [-0.1, -0.05) is 18.2 Å². The number of benzene rings is 1. The molecule has 0 spiro atoms. The smallest absolute Gasteiger partial charge is 0.270 e. The number of nitrogens with two attached hydrogens (primary N) is 1. The maximum Gasteiger partial charge on any atom is 0.270 e. The van der Waals surface area contributed by atoms with Crippen molar-refractivity contribution in [2.45, 2.75) is 26.7 Å². The van der Waals surface area contributed by atoms with Crippen LogP contribution in [-0.4, -0.2) is 24.0 Å². The number of aromatic nitrogens is 1. The number of nitrogens with zero attached hydrogens (tertiary/aromatic N) is 1. The van der Waals surface area contributed by atoms with Crippen LogP contribution >= 0.6 is 11.3 Å². The van der Waals surface area contributed by atoms with E-state index in [1.165, 1.54) is 28.0 Å². The van der Waals surface area contributed by atoms with E-state index in [-0.39, 0.29) is 5.91 Å². The molecule has 0 aliphatic carbocycles. The van der Waals surface area contributed by atoms with Gasteiger partial charge < -0.3 is 11.1 Å². The van der Waals surface area contributed by atoms with E-state index >= 15 is 0 Å². The second-order valence-corrected chi connectivity index (χ2v) is 5.98. The molecule has 112 valence electrons. The number of nitrogens with one attached hydrogen (secondary N) is 1. The zero-order chi connectivity index (χ0) is 15.2. The van der Waals surface area contributed by atoms with Crippen LogP contribution in [0.5, 0.6) is 0 Å². The average Bonchev–Trinajstić information content (AvgIpc) is 2.91. The van der Waals surface area contributed by atoms with Gasteiger partial charge in [-0.05, 0) is 43.5 Å². The van der Waals surface area contributed by atoms with Crippen LogP contribution in [0, 0.1) is 13.8 Å². The van der Waals surface area contributed by atoms with E-state index in [1.807, 2.05) is 0 Å². The van der Waals surface area contributed by atoms with Crippen molar-refractivity contribution in [2.75, 3.05) is 13.1 Å². The Hall–Kier alpha value is -1.72. The molecule has 1 heterocycles. The molecule has 0 fully saturated rings. The third kappa shape index (κ3) is 4.12. The second kappa shape index (κ2) is 7.33. The van der Waals surface area contributed by atoms with Gasteiger partial charge in [-0.15, -0.1) is 11.3 Å². The van der Waals surface area contributed by atoms with Crippen molar-refractivity contribution in [2.24, 2.45) is 5.73 Å². The summed E-state index contributed by atoms with van der Waals surface area (Å²) in [4.78, 5) is 16.3. The lowest BCUT2D eigenvalue weighted by atomic mass is 10.0. The van der Waals surface area contributed by atoms with Gasteiger partial charge in [0, 0.05) is 18.3 Å². The number of thiazole rings is 1. The molecule has 0 atom stereocenters. The first-order valence-electron chi connectivity index (χ1n) is 7.09. The van der Waals surface area contributed by atoms with Crippen molar-refractivity contribution < 1.29 is 4.79 Å². The number of hydrogen-bond donors (Lipinski definition) is 2. The average molecular weight is 303 g/mol. The molecule has 1 aromatic heterocycles. The largest absolute Gasteiger partial charge is 0.350 e. The van der Waals surface area contributed by atoms with Gasteiger partial charge in [-0.25, -0.2) is 4.98 Å². The minimum atomic E-state index is -0.110. The van der Waals surface area contributed by atoms with Crippen molar-refractivity contribution in [1.82, 2.24) is 10.3 Å². The topological polar surface area (TPSA) is 68.0 Å². The molecular formula is C16H21N3OS. The molecule has 0 aliphatic heterocycles. The van der Waals surface area contributed by atoms with Crippen molar-refractivity contribution in [1.29, 1.82) is 0 Å². The third-order valence-electron chi connectivity index (χ3n) is 3.45. The fraction of sp³-hybridized carbons (Fsp3) is 0.375. The van der Waals surface area contributed by atoms with Gasteiger partial charge in [0.15, 0.2) is 0 Å². The molecule has 0 saturated carbocycles. The standard InChI is InChI=1S/C16H21N3OS/c1-11-4-3-5-12(2)13(11)7-9-18-16(20)14-10-21-15(19-14)6-8-17/h3-5,10H,6-9,17H2,1-2H3,(H,18,20). The van der Waals surface area contributed by atoms with Crippen molar-refractivity contribution >= 4 is 17.2 Å². The molecule has 0 saturated heterocycles. The van der Waals surface area contributed by atoms with E-state index in [2.05, 4.69) is 42.3 Å². The number of amides is 1. The van der Waals surface area contributed by atoms with Crippen LogP contribution in [0.3, 0.4) is 0 Å². The van der Waals surface area contributed by atoms with Crippen molar-refractivity contribution in [3.05, 3.63) is 51.0 Å². The van der Waals surface area contributed by atoms with Crippen LogP contribution in [-0.2, 0) is 12.8 Å². The number of carbonyl (C=O) groups excluding carboxylic acids is 1. The Kier molecular flexibility index (Phi) is 5.47. The van der Waals surface area contributed by atoms with E-state index in [9.17, 15) is 4.79 Å². The molecule has 0 aliphatic rings. The summed E-state index contributed by atoms with van der Waals surface area (Å²) in [7, 11) is 0. The molecule has 1 aromatic carbocycles. The maximum atomic E-state index is 12.0. The van der Waals surface area contributed by atoms with Crippen LogP contribution in [0.15, 0.2) is 23.6 Å². The molecule has 0 unspecified atom stereocenters. The Morgan fingerprint density at radius 3 is 2.67 bits per heavy atom. The third-order valence-corrected chi connectivity index (χ3v) is 4.36. The summed E-state index contributed by atoms with van der Waals surface area (Å²) < 4.78 is 0. The summed E-state index contributed by atoms with van der Waals surface area (Å²) in [6.07, 6.45) is 1.56. The number of carbonyl (C=O) groups is 1. The van der Waals surface area contributed by atoms with Crippen LogP contribution in [0.4, 0.5) is 0 Å². The number of aryl methyl sites for hydroxylation is 2. The van der Waals surface area contributed by atoms with Gasteiger partial charge >= 0.3 is 0 Å². The molecule has 0 radical (unpaired) electrons. The zero-order valence-electron chi connectivity index (χ0n) is 12.5. The SMILES string of the molecule is Cc1cccc(C)c1CCNC(=O)c1csc(CCN)n1. The Bertz CT molecular complexity index is 601. The van der Waals surface area contributed by atoms with Gasteiger partial charge in [-0.3, -0.25) is 4.79 Å². The van der Waals surface area contributed by atoms with E-state index in [0.29, 0.717) is 18.8 Å². The minimum Gasteiger partial charge on any atom is -0.350 e. The highest BCUT2D eigenvalue weighted by molar-refractivity contribution is 7.09. The molecule has 21 heavy (non-hydrogen) atoms. The first-order chi connectivity index (χ1) is 10.1. The molecular weight excluding hydrogens is 282 g/mol. The van der Waals surface area contributed by atoms with Crippen LogP contribution < -0.4 is 11.1 Å². The lowest BCUT2D eigenvalue weighted by Gasteiger charge is -2.10. The summed E-state index contributed by atoms with van der Waals surface area (Å²) in [5, 5.41) is 5.64. The maximum absolute atomic E-state index is 12.0. The molecule has 0 bridgehead atoms. The zero-order valence-corrected chi connectivity index (χ0v) is 13.3. The Morgan fingerprint density at radius 2 is 2.00 bits per heavy atom. The summed E-state index contributed by atoms with van der Waals surface area (Å²) in [5.41, 5.74) is 9.81. The first kappa shape index (κ1) is 15.7. The summed E-state index contributed by atoms with van der Waals surface area (Å²) in [6.45, 7) is 5.38. The van der Waals surface area contributed by atoms with Gasteiger partial charge in [0.05, 0.1) is 5.01 Å². The highest BCUT2D eigenvalue weighted by Crippen LogP contribution is 2.14. The van der Waals surface area contributed by atoms with Crippen molar-refractivity contribution in [3.63, 3.8) is 0 Å². The lowest BCUT2D eigenvalue weighted by Crippen LogP contribution is -2.26. The van der Waals surface area contributed by atoms with Crippen LogP contribution in [0.25, 0.3) is 0 Å². The molecule has 3 N–H and O–H groups in total. The van der Waals surface area contributed by atoms with E-state index < -0.39 is 0 Å². The van der Waals surface area contributed by atoms with Gasteiger partial charge in [-0.2, -0.15) is 0 Å². The van der Waals surface area contributed by atoms with E-state index in [0.717, 1.165) is 17.8 Å². The predicted octanol–water partition coefficient (Wildman–Crippen LogP) is 2.23. The summed E-state index contributed by atoms with van der Waals surface area (Å²) >= 11 is 1.49. The number of rotatable bonds is 6. The first-order valence-corrected chi connectivity index (χ1v) is 7.97. The molecule has 2 aromatic rings. The molecule has 5 heteroatoms. The minimum absolute atomic E-state index is 0.110. The van der Waals surface area contributed by atoms with Crippen molar-refractivity contribution in [3.8, 4) is 0 Å². The summed E-state index contributed by atoms with van der Waals surface area (Å²) in [5.74, 6) is -0.110. The van der Waals surface area contributed by atoms with Crippen LogP contribution in [0.1, 0.15) is 32.2 Å². The fourth-order valence-corrected chi connectivity index (χ4v) is 3.08. The Labute approximate surface area is 129 Å². The normalized spacial score (nSPS) is 10.6. The monoisotopic (exact) mass is 303 g/mol. The quantitative estimate of drug-likeness (QED) is 0.860. The number of hydrogen-bond acceptors (Lipinski definition) is 4.